The van der Waals surface area contributed by atoms with Gasteiger partial charge in [0.1, 0.15) is 17.3 Å². The Morgan fingerprint density at radius 2 is 1.67 bits per heavy atom. The molecule has 0 bridgehead atoms. The van der Waals surface area contributed by atoms with E-state index in [0.29, 0.717) is 50.0 Å². The summed E-state index contributed by atoms with van der Waals surface area (Å²) in [7, 11) is 0. The van der Waals surface area contributed by atoms with Gasteiger partial charge in [-0.3, -0.25) is 9.36 Å². The lowest BCUT2D eigenvalue weighted by molar-refractivity contribution is -0.143. The van der Waals surface area contributed by atoms with Gasteiger partial charge >= 0.3 is 11.9 Å². The van der Waals surface area contributed by atoms with Crippen molar-refractivity contribution in [2.45, 2.75) is 66.7 Å². The van der Waals surface area contributed by atoms with Crippen molar-refractivity contribution < 1.29 is 28.2 Å². The number of carbonyl (C=O) groups excluding carboxylic acids is 2. The van der Waals surface area contributed by atoms with E-state index in [9.17, 15) is 14.4 Å². The molecule has 4 aromatic rings. The van der Waals surface area contributed by atoms with Crippen molar-refractivity contribution in [3.8, 4) is 17.1 Å². The molecule has 2 aromatic heterocycles. The number of ether oxygens (including phenoxy) is 3. The molecule has 10 heteroatoms. The number of benzene rings is 2. The van der Waals surface area contributed by atoms with Crippen molar-refractivity contribution in [3.05, 3.63) is 108 Å². The van der Waals surface area contributed by atoms with Gasteiger partial charge in [0.15, 0.2) is 4.80 Å². The standard InChI is InChI=1S/C35H36N2O7S/c1-8-41-25-12-9-23(10-13-25)31-30(34(40)43-20(4)5)22(7)36-35-37(31)32(38)29(45-35)18-26-14-16-28(44-26)27-15-11-24(17-21(27)6)33(39)42-19(2)3/h9-20,31H,8H2,1-7H3/b29-18-/t31-/m0/s1. The first kappa shape index (κ1) is 31.7. The van der Waals surface area contributed by atoms with E-state index in [4.69, 9.17) is 18.6 Å². The first-order chi connectivity index (χ1) is 21.5. The van der Waals surface area contributed by atoms with Crippen LogP contribution in [0.5, 0.6) is 5.75 Å². The van der Waals surface area contributed by atoms with Crippen LogP contribution in [-0.4, -0.2) is 35.3 Å². The largest absolute Gasteiger partial charge is 0.494 e. The summed E-state index contributed by atoms with van der Waals surface area (Å²) in [6.45, 7) is 13.3. The number of thiazole rings is 1. The van der Waals surface area contributed by atoms with Crippen molar-refractivity contribution in [2.24, 2.45) is 4.99 Å². The summed E-state index contributed by atoms with van der Waals surface area (Å²) in [5.74, 6) is 0.862. The Labute approximate surface area is 265 Å². The molecule has 234 valence electrons. The molecule has 5 rings (SSSR count). The van der Waals surface area contributed by atoms with Crippen molar-refractivity contribution >= 4 is 29.4 Å². The zero-order chi connectivity index (χ0) is 32.4. The highest BCUT2D eigenvalue weighted by molar-refractivity contribution is 7.07. The van der Waals surface area contributed by atoms with Crippen LogP contribution in [0.3, 0.4) is 0 Å². The number of nitrogens with zero attached hydrogens (tertiary/aromatic N) is 2. The van der Waals surface area contributed by atoms with Crippen LogP contribution in [0.4, 0.5) is 0 Å². The van der Waals surface area contributed by atoms with Crippen LogP contribution < -0.4 is 19.6 Å². The molecule has 0 amide bonds. The number of hydrogen-bond donors (Lipinski definition) is 0. The van der Waals surface area contributed by atoms with E-state index >= 15 is 0 Å². The molecule has 0 fully saturated rings. The second-order valence-electron chi connectivity index (χ2n) is 11.2. The van der Waals surface area contributed by atoms with Gasteiger partial charge in [-0.15, -0.1) is 0 Å². The number of aromatic nitrogens is 1. The van der Waals surface area contributed by atoms with Crippen LogP contribution in [0, 0.1) is 6.92 Å². The molecule has 0 saturated heterocycles. The molecule has 1 aliphatic rings. The van der Waals surface area contributed by atoms with E-state index in [-0.39, 0.29) is 23.7 Å². The topological polar surface area (TPSA) is 109 Å². The van der Waals surface area contributed by atoms with Gasteiger partial charge in [0, 0.05) is 11.6 Å². The Hall–Kier alpha value is -4.70. The predicted octanol–water partition coefficient (Wildman–Crippen LogP) is 5.72. The van der Waals surface area contributed by atoms with E-state index < -0.39 is 12.0 Å². The minimum atomic E-state index is -0.735. The van der Waals surface area contributed by atoms with Crippen molar-refractivity contribution in [1.82, 2.24) is 4.57 Å². The lowest BCUT2D eigenvalue weighted by Gasteiger charge is -2.25. The SMILES string of the molecule is CCOc1ccc([C@H]2C(C(=O)OC(C)C)=C(C)N=c3s/c(=C\c4ccc(-c5ccc(C(=O)OC(C)C)cc5C)o4)c(=O)n32)cc1. The van der Waals surface area contributed by atoms with Crippen LogP contribution in [0.25, 0.3) is 17.4 Å². The first-order valence-electron chi connectivity index (χ1n) is 14.8. The Balaban J connectivity index is 1.54. The normalized spacial score (nSPS) is 14.9. The molecule has 1 atom stereocenters. The maximum atomic E-state index is 14.0. The fourth-order valence-electron chi connectivity index (χ4n) is 5.14. The van der Waals surface area contributed by atoms with Gasteiger partial charge in [-0.05, 0) is 96.0 Å². The minimum Gasteiger partial charge on any atom is -0.494 e. The van der Waals surface area contributed by atoms with Gasteiger partial charge in [0.2, 0.25) is 0 Å². The van der Waals surface area contributed by atoms with Crippen LogP contribution in [0.15, 0.2) is 80.1 Å². The summed E-state index contributed by atoms with van der Waals surface area (Å²) in [4.78, 5) is 44.8. The third-order valence-corrected chi connectivity index (χ3v) is 8.04. The second-order valence-corrected chi connectivity index (χ2v) is 12.2. The lowest BCUT2D eigenvalue weighted by Crippen LogP contribution is -2.40. The number of hydrogen-bond acceptors (Lipinski definition) is 9. The highest BCUT2D eigenvalue weighted by atomic mass is 32.1. The molecule has 0 unspecified atom stereocenters. The summed E-state index contributed by atoms with van der Waals surface area (Å²) >= 11 is 1.22. The maximum Gasteiger partial charge on any atom is 0.338 e. The zero-order valence-electron chi connectivity index (χ0n) is 26.4. The van der Waals surface area contributed by atoms with Crippen molar-refractivity contribution in [2.75, 3.05) is 6.61 Å². The molecule has 1 aliphatic heterocycles. The molecule has 0 N–H and O–H groups in total. The van der Waals surface area contributed by atoms with Gasteiger partial charge in [-0.1, -0.05) is 29.5 Å². The van der Waals surface area contributed by atoms with E-state index in [2.05, 4.69) is 4.99 Å². The average Bonchev–Trinajstić information content (AvgIpc) is 3.56. The Morgan fingerprint density at radius 3 is 2.31 bits per heavy atom. The van der Waals surface area contributed by atoms with Gasteiger partial charge in [0.25, 0.3) is 5.56 Å². The Bertz CT molecular complexity index is 1960. The zero-order valence-corrected chi connectivity index (χ0v) is 27.2. The summed E-state index contributed by atoms with van der Waals surface area (Å²) in [6.07, 6.45) is 1.12. The first-order valence-corrected chi connectivity index (χ1v) is 15.7. The summed E-state index contributed by atoms with van der Waals surface area (Å²) in [5.41, 5.74) is 3.35. The van der Waals surface area contributed by atoms with Crippen molar-refractivity contribution in [1.29, 1.82) is 0 Å². The molecule has 0 aliphatic carbocycles. The number of furan rings is 1. The minimum absolute atomic E-state index is 0.211. The number of carbonyl (C=O) groups is 2. The van der Waals surface area contributed by atoms with Gasteiger partial charge in [-0.25, -0.2) is 14.6 Å². The van der Waals surface area contributed by atoms with Crippen molar-refractivity contribution in [3.63, 3.8) is 0 Å². The average molecular weight is 629 g/mol. The summed E-state index contributed by atoms with van der Waals surface area (Å²) in [5, 5.41) is 0. The highest BCUT2D eigenvalue weighted by Gasteiger charge is 2.34. The molecular formula is C35H36N2O7S. The van der Waals surface area contributed by atoms with Gasteiger partial charge in [-0.2, -0.15) is 0 Å². The highest BCUT2D eigenvalue weighted by Crippen LogP contribution is 2.32. The number of rotatable bonds is 9. The number of esters is 2. The monoisotopic (exact) mass is 628 g/mol. The lowest BCUT2D eigenvalue weighted by atomic mass is 9.96. The number of fused-ring (bicyclic) bond motifs is 1. The molecule has 2 aromatic carbocycles. The molecule has 0 spiro atoms. The number of allylic oxidation sites excluding steroid dienone is 1. The van der Waals surface area contributed by atoms with Gasteiger partial charge < -0.3 is 18.6 Å². The Kier molecular flexibility index (Phi) is 9.24. The fourth-order valence-corrected chi connectivity index (χ4v) is 6.17. The molecule has 0 saturated carbocycles. The van der Waals surface area contributed by atoms with E-state index in [1.54, 1.807) is 49.6 Å². The van der Waals surface area contributed by atoms with Gasteiger partial charge in [0.05, 0.1) is 46.2 Å². The van der Waals surface area contributed by atoms with Crippen LogP contribution >= 0.6 is 11.3 Å². The van der Waals surface area contributed by atoms with E-state index in [1.807, 2.05) is 64.1 Å². The second kappa shape index (κ2) is 13.1. The quantitative estimate of drug-likeness (QED) is 0.218. The van der Waals surface area contributed by atoms with Crippen LogP contribution in [0.1, 0.15) is 74.8 Å². The summed E-state index contributed by atoms with van der Waals surface area (Å²) < 4.78 is 24.6. The molecule has 9 nitrogen and oxygen atoms in total. The third kappa shape index (κ3) is 6.71. The molecular weight excluding hydrogens is 592 g/mol. The third-order valence-electron chi connectivity index (χ3n) is 7.06. The van der Waals surface area contributed by atoms with E-state index in [1.165, 1.54) is 11.3 Å². The molecule has 3 heterocycles. The predicted molar refractivity (Wildman–Crippen MR) is 172 cm³/mol. The van der Waals surface area contributed by atoms with Crippen LogP contribution in [0.2, 0.25) is 0 Å². The van der Waals surface area contributed by atoms with Crippen LogP contribution in [-0.2, 0) is 14.3 Å². The summed E-state index contributed by atoms with van der Waals surface area (Å²) in [6, 6.07) is 15.5. The fraction of sp³-hybridized carbons (Fsp3) is 0.314. The molecule has 45 heavy (non-hydrogen) atoms. The number of aryl methyl sites for hydroxylation is 1. The molecule has 0 radical (unpaired) electrons. The smallest absolute Gasteiger partial charge is 0.338 e. The maximum absolute atomic E-state index is 14.0. The van der Waals surface area contributed by atoms with E-state index in [0.717, 1.165) is 16.7 Å². The Morgan fingerprint density at radius 1 is 0.978 bits per heavy atom.